The monoisotopic (exact) mass is 357 g/mol. The highest BCUT2D eigenvalue weighted by molar-refractivity contribution is 9.10. The summed E-state index contributed by atoms with van der Waals surface area (Å²) in [5, 5.41) is 5.53. The molecule has 108 valence electrons. The van der Waals surface area contributed by atoms with Crippen LogP contribution in [0, 0.1) is 5.82 Å². The fourth-order valence-corrected chi connectivity index (χ4v) is 3.61. The highest BCUT2D eigenvalue weighted by atomic mass is 79.9. The van der Waals surface area contributed by atoms with Crippen molar-refractivity contribution in [2.45, 2.75) is 25.9 Å². The molecule has 1 aromatic carbocycles. The summed E-state index contributed by atoms with van der Waals surface area (Å²) in [6, 6.07) is 6.88. The largest absolute Gasteiger partial charge is 0.496 e. The molecule has 0 amide bonds. The van der Waals surface area contributed by atoms with Gasteiger partial charge in [-0.05, 0) is 54.0 Å². The lowest BCUT2D eigenvalue weighted by Crippen LogP contribution is -2.22. The van der Waals surface area contributed by atoms with Crippen molar-refractivity contribution in [3.05, 3.63) is 50.4 Å². The molecule has 20 heavy (non-hydrogen) atoms. The summed E-state index contributed by atoms with van der Waals surface area (Å²) >= 11 is 5.15. The van der Waals surface area contributed by atoms with Gasteiger partial charge in [0.2, 0.25) is 0 Å². The quantitative estimate of drug-likeness (QED) is 0.806. The second-order valence-electron chi connectivity index (χ2n) is 4.66. The Balaban J connectivity index is 2.15. The molecule has 0 spiro atoms. The molecule has 0 aliphatic heterocycles. The number of halogens is 2. The first-order valence-electron chi connectivity index (χ1n) is 6.34. The van der Waals surface area contributed by atoms with Crippen molar-refractivity contribution in [3.63, 3.8) is 0 Å². The van der Waals surface area contributed by atoms with E-state index < -0.39 is 0 Å². The maximum atomic E-state index is 13.4. The first-order chi connectivity index (χ1) is 9.51. The van der Waals surface area contributed by atoms with Crippen LogP contribution in [0.15, 0.2) is 34.1 Å². The summed E-state index contributed by atoms with van der Waals surface area (Å²) < 4.78 is 19.8. The molecular formula is C15H17BrFNOS. The van der Waals surface area contributed by atoms with Gasteiger partial charge < -0.3 is 10.1 Å². The third-order valence-electron chi connectivity index (χ3n) is 3.17. The topological polar surface area (TPSA) is 21.3 Å². The Bertz CT molecular complexity index is 587. The molecule has 5 heteroatoms. The smallest absolute Gasteiger partial charge is 0.123 e. The van der Waals surface area contributed by atoms with Crippen molar-refractivity contribution >= 4 is 27.3 Å². The molecule has 2 rings (SSSR count). The average Bonchev–Trinajstić information content (AvgIpc) is 2.85. The third kappa shape index (κ3) is 3.59. The molecule has 0 aliphatic rings. The maximum absolute atomic E-state index is 13.4. The summed E-state index contributed by atoms with van der Waals surface area (Å²) in [4.78, 5) is 1.24. The lowest BCUT2D eigenvalue weighted by atomic mass is 10.1. The molecule has 0 fully saturated rings. The highest BCUT2D eigenvalue weighted by Crippen LogP contribution is 2.30. The number of hydrogen-bond donors (Lipinski definition) is 1. The minimum atomic E-state index is -0.249. The normalized spacial score (nSPS) is 14.1. The fourth-order valence-electron chi connectivity index (χ4n) is 2.15. The van der Waals surface area contributed by atoms with Gasteiger partial charge in [0.15, 0.2) is 0 Å². The van der Waals surface area contributed by atoms with Crippen LogP contribution in [-0.4, -0.2) is 7.11 Å². The van der Waals surface area contributed by atoms with Crippen LogP contribution in [0.2, 0.25) is 0 Å². The summed E-state index contributed by atoms with van der Waals surface area (Å²) in [6.45, 7) is 4.11. The summed E-state index contributed by atoms with van der Waals surface area (Å²) in [6.07, 6.45) is 0. The first-order valence-corrected chi connectivity index (χ1v) is 8.02. The van der Waals surface area contributed by atoms with Crippen molar-refractivity contribution in [2.24, 2.45) is 0 Å². The van der Waals surface area contributed by atoms with E-state index in [1.165, 1.54) is 17.0 Å². The van der Waals surface area contributed by atoms with Crippen LogP contribution < -0.4 is 10.1 Å². The van der Waals surface area contributed by atoms with Crippen LogP contribution in [0.25, 0.3) is 0 Å². The van der Waals surface area contributed by atoms with Gasteiger partial charge in [-0.3, -0.25) is 0 Å². The minimum Gasteiger partial charge on any atom is -0.496 e. The summed E-state index contributed by atoms with van der Waals surface area (Å²) in [5.74, 6) is 0.451. The summed E-state index contributed by atoms with van der Waals surface area (Å²) in [7, 11) is 1.60. The summed E-state index contributed by atoms with van der Waals surface area (Å²) in [5.41, 5.74) is 0.829. The van der Waals surface area contributed by atoms with Crippen molar-refractivity contribution in [3.8, 4) is 5.75 Å². The molecule has 0 bridgehead atoms. The first kappa shape index (κ1) is 15.5. The van der Waals surface area contributed by atoms with E-state index in [2.05, 4.69) is 39.6 Å². The zero-order valence-corrected chi connectivity index (χ0v) is 14.0. The lowest BCUT2D eigenvalue weighted by molar-refractivity contribution is 0.395. The molecule has 0 aliphatic carbocycles. The van der Waals surface area contributed by atoms with E-state index in [4.69, 9.17) is 4.74 Å². The highest BCUT2D eigenvalue weighted by Gasteiger charge is 2.16. The van der Waals surface area contributed by atoms with E-state index in [-0.39, 0.29) is 17.9 Å². The Kier molecular flexibility index (Phi) is 5.18. The van der Waals surface area contributed by atoms with Gasteiger partial charge in [0.25, 0.3) is 0 Å². The average molecular weight is 358 g/mol. The number of benzene rings is 1. The second kappa shape index (κ2) is 6.70. The van der Waals surface area contributed by atoms with Crippen molar-refractivity contribution < 1.29 is 9.13 Å². The fraction of sp³-hybridized carbons (Fsp3) is 0.333. The Morgan fingerprint density at radius 1 is 1.25 bits per heavy atom. The van der Waals surface area contributed by atoms with E-state index in [9.17, 15) is 4.39 Å². The lowest BCUT2D eigenvalue weighted by Gasteiger charge is -2.21. The second-order valence-corrected chi connectivity index (χ2v) is 6.52. The molecule has 2 unspecified atom stereocenters. The predicted molar refractivity (Wildman–Crippen MR) is 84.9 cm³/mol. The van der Waals surface area contributed by atoms with E-state index in [0.717, 1.165) is 10.0 Å². The van der Waals surface area contributed by atoms with E-state index >= 15 is 0 Å². The Hall–Kier alpha value is -0.910. The molecule has 1 N–H and O–H groups in total. The van der Waals surface area contributed by atoms with Gasteiger partial charge in [0.05, 0.1) is 7.11 Å². The van der Waals surface area contributed by atoms with Gasteiger partial charge in [-0.1, -0.05) is 0 Å². The molecular weight excluding hydrogens is 341 g/mol. The molecule has 2 nitrogen and oxygen atoms in total. The number of nitrogens with one attached hydrogen (secondary N) is 1. The maximum Gasteiger partial charge on any atom is 0.123 e. The number of rotatable bonds is 5. The van der Waals surface area contributed by atoms with Gasteiger partial charge in [0.1, 0.15) is 11.6 Å². The van der Waals surface area contributed by atoms with E-state index in [1.54, 1.807) is 24.5 Å². The van der Waals surface area contributed by atoms with Crippen LogP contribution >= 0.6 is 27.3 Å². The van der Waals surface area contributed by atoms with Gasteiger partial charge >= 0.3 is 0 Å². The van der Waals surface area contributed by atoms with E-state index in [1.807, 2.05) is 6.92 Å². The van der Waals surface area contributed by atoms with Gasteiger partial charge in [-0.2, -0.15) is 0 Å². The molecule has 2 aromatic rings. The van der Waals surface area contributed by atoms with Crippen LogP contribution in [0.1, 0.15) is 36.4 Å². The Morgan fingerprint density at radius 2 is 2.00 bits per heavy atom. The molecule has 2 atom stereocenters. The van der Waals surface area contributed by atoms with Gasteiger partial charge in [0, 0.05) is 32.4 Å². The minimum absolute atomic E-state index is 0.00322. The third-order valence-corrected chi connectivity index (χ3v) is 5.05. The Morgan fingerprint density at radius 3 is 2.60 bits per heavy atom. The number of methoxy groups -OCH3 is 1. The zero-order valence-electron chi connectivity index (χ0n) is 11.6. The van der Waals surface area contributed by atoms with Crippen molar-refractivity contribution in [1.82, 2.24) is 5.32 Å². The van der Waals surface area contributed by atoms with Crippen LogP contribution in [0.5, 0.6) is 5.75 Å². The number of hydrogen-bond acceptors (Lipinski definition) is 3. The standard InChI is InChI=1S/C15H17BrFNOS/c1-9(13-7-12(17)4-5-14(13)19-3)18-10(2)15-6-11(16)8-20-15/h4-10,18H,1-3H3. The van der Waals surface area contributed by atoms with Gasteiger partial charge in [-0.25, -0.2) is 4.39 Å². The van der Waals surface area contributed by atoms with Crippen molar-refractivity contribution in [1.29, 1.82) is 0 Å². The Labute approximate surface area is 131 Å². The molecule has 1 aromatic heterocycles. The number of thiophene rings is 1. The molecule has 0 saturated heterocycles. The van der Waals surface area contributed by atoms with Crippen LogP contribution in [-0.2, 0) is 0 Å². The van der Waals surface area contributed by atoms with Crippen LogP contribution in [0.4, 0.5) is 4.39 Å². The molecule has 0 saturated carbocycles. The predicted octanol–water partition coefficient (Wildman–Crippen LogP) is 5.07. The molecule has 1 heterocycles. The van der Waals surface area contributed by atoms with Gasteiger partial charge in [-0.15, -0.1) is 11.3 Å². The van der Waals surface area contributed by atoms with Crippen molar-refractivity contribution in [2.75, 3.05) is 7.11 Å². The number of ether oxygens (including phenoxy) is 1. The zero-order chi connectivity index (χ0) is 14.7. The SMILES string of the molecule is COc1ccc(F)cc1C(C)NC(C)c1cc(Br)cs1. The van der Waals surface area contributed by atoms with Crippen LogP contribution in [0.3, 0.4) is 0 Å². The van der Waals surface area contributed by atoms with E-state index in [0.29, 0.717) is 5.75 Å². The molecule has 0 radical (unpaired) electrons.